The van der Waals surface area contributed by atoms with Gasteiger partial charge in [-0.1, -0.05) is 0 Å². The van der Waals surface area contributed by atoms with Crippen molar-refractivity contribution in [2.24, 2.45) is 4.99 Å². The van der Waals surface area contributed by atoms with E-state index in [1.165, 1.54) is 12.1 Å². The molecule has 1 aromatic carbocycles. The lowest BCUT2D eigenvalue weighted by molar-refractivity contribution is 0.0694. The summed E-state index contributed by atoms with van der Waals surface area (Å²) in [5.41, 5.74) is -0.938. The lowest BCUT2D eigenvalue weighted by atomic mass is 10.2. The Morgan fingerprint density at radius 3 is 2.62 bits per heavy atom. The number of rotatable bonds is 3. The Labute approximate surface area is 122 Å². The van der Waals surface area contributed by atoms with E-state index in [4.69, 9.17) is 5.11 Å². The molecule has 0 aliphatic rings. The second kappa shape index (κ2) is 5.59. The van der Waals surface area contributed by atoms with Crippen LogP contribution in [0.25, 0.3) is 0 Å². The van der Waals surface area contributed by atoms with Gasteiger partial charge in [-0.2, -0.15) is 0 Å². The molecule has 0 bridgehead atoms. The molecule has 0 amide bonds. The average Bonchev–Trinajstić information content (AvgIpc) is 2.38. The van der Waals surface area contributed by atoms with Gasteiger partial charge >= 0.3 is 5.97 Å². The molecular weight excluding hydrogens is 298 g/mol. The molecule has 0 aliphatic heterocycles. The minimum absolute atomic E-state index is 0.0348. The lowest BCUT2D eigenvalue weighted by Gasteiger charge is -2.01. The Bertz CT molecular complexity index is 853. The lowest BCUT2D eigenvalue weighted by Crippen LogP contribution is -2.13. The number of nitrogens with zero attached hydrogens (tertiary/aromatic N) is 1. The van der Waals surface area contributed by atoms with Crippen molar-refractivity contribution in [1.29, 1.82) is 0 Å². The van der Waals surface area contributed by atoms with Crippen molar-refractivity contribution in [3.8, 4) is 11.6 Å². The van der Waals surface area contributed by atoms with Crippen LogP contribution in [0, 0.1) is 4.77 Å². The van der Waals surface area contributed by atoms with Crippen molar-refractivity contribution in [2.75, 3.05) is 0 Å². The summed E-state index contributed by atoms with van der Waals surface area (Å²) in [6.07, 6.45) is 1.05. The fourth-order valence-corrected chi connectivity index (χ4v) is 1.71. The van der Waals surface area contributed by atoms with Gasteiger partial charge in [0.05, 0.1) is 5.69 Å². The largest absolute Gasteiger partial charge is 0.507 e. The van der Waals surface area contributed by atoms with Crippen LogP contribution in [0.4, 0.5) is 5.69 Å². The highest BCUT2D eigenvalue weighted by Gasteiger charge is 2.10. The second-order valence-electron chi connectivity index (χ2n) is 3.94. The van der Waals surface area contributed by atoms with Crippen molar-refractivity contribution < 1.29 is 20.1 Å². The minimum Gasteiger partial charge on any atom is -0.507 e. The Morgan fingerprint density at radius 1 is 1.29 bits per heavy atom. The van der Waals surface area contributed by atoms with Crippen LogP contribution < -0.4 is 5.56 Å². The molecule has 0 fully saturated rings. The standard InChI is InChI=1S/C12H9N3O5S/c16-8-2-1-5(3-6(8)11(19)20)13-4-7-9(17)14-12(21)15-10(7)18/h1-4,16H,(H,19,20)(H3,14,15,17,18,21). The van der Waals surface area contributed by atoms with E-state index in [0.29, 0.717) is 0 Å². The van der Waals surface area contributed by atoms with Crippen LogP contribution in [0.5, 0.6) is 11.6 Å². The van der Waals surface area contributed by atoms with Crippen LogP contribution in [0.15, 0.2) is 28.0 Å². The Morgan fingerprint density at radius 2 is 2.00 bits per heavy atom. The van der Waals surface area contributed by atoms with E-state index in [1.807, 2.05) is 0 Å². The number of carbonyl (C=O) groups is 1. The first kappa shape index (κ1) is 14.5. The third-order valence-electron chi connectivity index (χ3n) is 2.51. The van der Waals surface area contributed by atoms with Gasteiger partial charge in [0.1, 0.15) is 16.9 Å². The summed E-state index contributed by atoms with van der Waals surface area (Å²) in [6, 6.07) is 3.65. The Kier molecular flexibility index (Phi) is 3.85. The number of hydrogen-bond donors (Lipinski definition) is 5. The molecular formula is C12H9N3O5S. The fourth-order valence-electron chi connectivity index (χ4n) is 1.52. The van der Waals surface area contributed by atoms with Crippen LogP contribution in [0.2, 0.25) is 0 Å². The highest BCUT2D eigenvalue weighted by molar-refractivity contribution is 7.71. The zero-order valence-corrected chi connectivity index (χ0v) is 11.1. The third-order valence-corrected chi connectivity index (χ3v) is 2.72. The number of nitrogens with one attached hydrogen (secondary N) is 2. The number of benzene rings is 1. The van der Waals surface area contributed by atoms with E-state index in [1.54, 1.807) is 0 Å². The van der Waals surface area contributed by atoms with Crippen molar-refractivity contribution in [1.82, 2.24) is 9.97 Å². The molecule has 0 spiro atoms. The highest BCUT2D eigenvalue weighted by atomic mass is 32.1. The summed E-state index contributed by atoms with van der Waals surface area (Å²) < 4.78 is -0.0348. The number of phenols is 1. The van der Waals surface area contributed by atoms with Crippen molar-refractivity contribution in [3.05, 3.63) is 44.5 Å². The number of aromatic carboxylic acids is 1. The van der Waals surface area contributed by atoms with Crippen molar-refractivity contribution in [2.45, 2.75) is 0 Å². The molecule has 0 unspecified atom stereocenters. The predicted octanol–water partition coefficient (Wildman–Crippen LogP) is 1.29. The molecule has 0 radical (unpaired) electrons. The van der Waals surface area contributed by atoms with E-state index in [-0.39, 0.29) is 21.6 Å². The van der Waals surface area contributed by atoms with Gasteiger partial charge in [-0.05, 0) is 30.4 Å². The molecule has 2 rings (SSSR count). The zero-order chi connectivity index (χ0) is 15.6. The van der Waals surface area contributed by atoms with Crippen molar-refractivity contribution >= 4 is 30.1 Å². The third kappa shape index (κ3) is 3.15. The van der Waals surface area contributed by atoms with Gasteiger partial charge in [-0.3, -0.25) is 14.8 Å². The maximum atomic E-state index is 11.6. The SMILES string of the molecule is O=C(O)c1cc(N=Cc2c(O)[nH]c(=S)[nH]c2=O)ccc1O. The molecule has 1 aromatic heterocycles. The number of aromatic nitrogens is 2. The minimum atomic E-state index is -1.31. The first-order chi connectivity index (χ1) is 9.88. The first-order valence-corrected chi connectivity index (χ1v) is 5.95. The van der Waals surface area contributed by atoms with Crippen LogP contribution in [-0.2, 0) is 0 Å². The topological polar surface area (TPSA) is 139 Å². The summed E-state index contributed by atoms with van der Waals surface area (Å²) in [4.78, 5) is 30.9. The molecule has 9 heteroatoms. The van der Waals surface area contributed by atoms with E-state index in [0.717, 1.165) is 12.3 Å². The monoisotopic (exact) mass is 307 g/mol. The molecule has 0 aliphatic carbocycles. The zero-order valence-electron chi connectivity index (χ0n) is 10.3. The van der Waals surface area contributed by atoms with Gasteiger partial charge in [0.2, 0.25) is 5.88 Å². The van der Waals surface area contributed by atoms with Gasteiger partial charge in [0.25, 0.3) is 5.56 Å². The summed E-state index contributed by atoms with van der Waals surface area (Å²) >= 11 is 4.68. The van der Waals surface area contributed by atoms with Crippen LogP contribution in [0.3, 0.4) is 0 Å². The fraction of sp³-hybridized carbons (Fsp3) is 0. The number of carboxylic acid groups (broad SMARTS) is 1. The van der Waals surface area contributed by atoms with Gasteiger partial charge in [-0.25, -0.2) is 4.79 Å². The number of hydrogen-bond acceptors (Lipinski definition) is 6. The van der Waals surface area contributed by atoms with E-state index in [2.05, 4.69) is 27.2 Å². The average molecular weight is 307 g/mol. The Balaban J connectivity index is 2.43. The maximum Gasteiger partial charge on any atom is 0.339 e. The predicted molar refractivity (Wildman–Crippen MR) is 76.2 cm³/mol. The Hall–Kier alpha value is -2.94. The molecule has 5 N–H and O–H groups in total. The smallest absolute Gasteiger partial charge is 0.339 e. The molecule has 0 atom stereocenters. The number of aromatic amines is 2. The van der Waals surface area contributed by atoms with Crippen LogP contribution in [-0.4, -0.2) is 37.5 Å². The number of aliphatic imine (C=N–C) groups is 1. The maximum absolute atomic E-state index is 11.6. The second-order valence-corrected chi connectivity index (χ2v) is 4.34. The van der Waals surface area contributed by atoms with Crippen LogP contribution in [0.1, 0.15) is 15.9 Å². The quantitative estimate of drug-likeness (QED) is 0.428. The van der Waals surface area contributed by atoms with E-state index >= 15 is 0 Å². The van der Waals surface area contributed by atoms with Gasteiger partial charge in [0, 0.05) is 6.21 Å². The molecule has 21 heavy (non-hydrogen) atoms. The first-order valence-electron chi connectivity index (χ1n) is 5.54. The highest BCUT2D eigenvalue weighted by Crippen LogP contribution is 2.23. The van der Waals surface area contributed by atoms with Gasteiger partial charge in [0.15, 0.2) is 4.77 Å². The molecule has 2 aromatic rings. The molecule has 8 nitrogen and oxygen atoms in total. The summed E-state index contributed by atoms with van der Waals surface area (Å²) in [6.45, 7) is 0. The molecule has 108 valence electrons. The summed E-state index contributed by atoms with van der Waals surface area (Å²) in [7, 11) is 0. The van der Waals surface area contributed by atoms with Gasteiger partial charge < -0.3 is 20.3 Å². The molecule has 0 saturated carbocycles. The summed E-state index contributed by atoms with van der Waals surface area (Å²) in [5.74, 6) is -2.16. The van der Waals surface area contributed by atoms with Gasteiger partial charge in [-0.15, -0.1) is 0 Å². The van der Waals surface area contributed by atoms with E-state index in [9.17, 15) is 19.8 Å². The van der Waals surface area contributed by atoms with Crippen LogP contribution >= 0.6 is 12.2 Å². The number of H-pyrrole nitrogens is 2. The summed E-state index contributed by atoms with van der Waals surface area (Å²) in [5, 5.41) is 27.8. The van der Waals surface area contributed by atoms with Crippen molar-refractivity contribution in [3.63, 3.8) is 0 Å². The molecule has 0 saturated heterocycles. The van der Waals surface area contributed by atoms with E-state index < -0.39 is 23.2 Å². The number of carboxylic acids is 1. The normalized spacial score (nSPS) is 10.9. The number of aromatic hydroxyl groups is 2. The molecule has 1 heterocycles.